The molecule has 0 radical (unpaired) electrons. The van der Waals surface area contributed by atoms with Gasteiger partial charge in [0.25, 0.3) is 0 Å². The molecule has 0 amide bonds. The number of halogens is 2. The Bertz CT molecular complexity index is 970. The van der Waals surface area contributed by atoms with Gasteiger partial charge in [-0.15, -0.1) is 0 Å². The minimum atomic E-state index is -0.214. The second kappa shape index (κ2) is 16.0. The maximum absolute atomic E-state index is 12.5. The Labute approximate surface area is 221 Å². The monoisotopic (exact) mass is 516 g/mol. The molecule has 0 aliphatic carbocycles. The van der Waals surface area contributed by atoms with Crippen LogP contribution in [0.1, 0.15) is 64.0 Å². The Morgan fingerprint density at radius 2 is 2.14 bits per heavy atom. The second-order valence-electron chi connectivity index (χ2n) is 9.28. The maximum Gasteiger partial charge on any atom is 0.0925 e. The molecule has 1 aromatic rings. The van der Waals surface area contributed by atoms with Crippen LogP contribution in [0.25, 0.3) is 5.57 Å². The first kappa shape index (κ1) is 30.2. The van der Waals surface area contributed by atoms with Crippen molar-refractivity contribution in [1.29, 1.82) is 0 Å². The van der Waals surface area contributed by atoms with Crippen molar-refractivity contribution in [3.63, 3.8) is 0 Å². The molecule has 1 aromatic carbocycles. The highest BCUT2D eigenvalue weighted by Gasteiger charge is 2.40. The van der Waals surface area contributed by atoms with Gasteiger partial charge in [-0.1, -0.05) is 74.0 Å². The molecule has 0 saturated carbocycles. The zero-order valence-corrected chi connectivity index (χ0v) is 22.9. The van der Waals surface area contributed by atoms with Gasteiger partial charge in [0, 0.05) is 36.7 Å². The molecular weight excluding hydrogens is 475 g/mol. The van der Waals surface area contributed by atoms with E-state index in [1.165, 1.54) is 11.6 Å². The fourth-order valence-electron chi connectivity index (χ4n) is 4.47. The molecule has 1 aliphatic heterocycles. The van der Waals surface area contributed by atoms with Gasteiger partial charge in [-0.2, -0.15) is 5.48 Å². The zero-order chi connectivity index (χ0) is 26.4. The average Bonchev–Trinajstić information content (AvgIpc) is 3.30. The molecule has 36 heavy (non-hydrogen) atoms. The number of rotatable bonds is 14. The quantitative estimate of drug-likeness (QED) is 0.254. The number of hydroxylamine groups is 1. The summed E-state index contributed by atoms with van der Waals surface area (Å²) in [5.41, 5.74) is 7.15. The number of allylic oxidation sites excluding steroid dienone is 6. The van der Waals surface area contributed by atoms with Crippen molar-refractivity contribution >= 4 is 17.2 Å². The van der Waals surface area contributed by atoms with Gasteiger partial charge in [0.2, 0.25) is 0 Å². The molecule has 2 unspecified atom stereocenters. The number of hydrogen-bond donors (Lipinski definition) is 2. The molecule has 6 heteroatoms. The molecule has 2 N–H and O–H groups in total. The van der Waals surface area contributed by atoms with E-state index in [2.05, 4.69) is 49.5 Å². The van der Waals surface area contributed by atoms with Crippen LogP contribution in [0.15, 0.2) is 72.6 Å². The number of nitrogens with one attached hydrogen (secondary N) is 1. The maximum atomic E-state index is 12.5. The lowest BCUT2D eigenvalue weighted by molar-refractivity contribution is -0.0658. The highest BCUT2D eigenvalue weighted by Crippen LogP contribution is 2.34. The van der Waals surface area contributed by atoms with Crippen molar-refractivity contribution in [3.8, 4) is 0 Å². The third-order valence-electron chi connectivity index (χ3n) is 6.53. The smallest absolute Gasteiger partial charge is 0.0925 e. The largest absolute Gasteiger partial charge is 0.396 e. The Hall–Kier alpha value is -2.02. The Balaban J connectivity index is 2.01. The first-order valence-electron chi connectivity index (χ1n) is 12.9. The van der Waals surface area contributed by atoms with Crippen LogP contribution in [0.4, 0.5) is 4.39 Å². The van der Waals surface area contributed by atoms with Crippen molar-refractivity contribution < 1.29 is 14.3 Å². The fraction of sp³-hybridized carbons (Fsp3) is 0.467. The van der Waals surface area contributed by atoms with Crippen molar-refractivity contribution in [2.24, 2.45) is 0 Å². The van der Waals surface area contributed by atoms with Crippen LogP contribution in [0, 0.1) is 0 Å². The molecule has 1 heterocycles. The lowest BCUT2D eigenvalue weighted by Crippen LogP contribution is -2.33. The van der Waals surface area contributed by atoms with Crippen LogP contribution in [-0.2, 0) is 11.4 Å². The fourth-order valence-corrected chi connectivity index (χ4v) is 4.78. The summed E-state index contributed by atoms with van der Waals surface area (Å²) in [6, 6.07) is 6.22. The van der Waals surface area contributed by atoms with Gasteiger partial charge in [-0.3, -0.25) is 4.84 Å². The third kappa shape index (κ3) is 9.13. The predicted molar refractivity (Wildman–Crippen MR) is 150 cm³/mol. The van der Waals surface area contributed by atoms with Crippen molar-refractivity contribution in [2.75, 3.05) is 20.2 Å². The van der Waals surface area contributed by atoms with E-state index in [4.69, 9.17) is 21.5 Å². The van der Waals surface area contributed by atoms with Crippen LogP contribution in [0.3, 0.4) is 0 Å². The number of aliphatic hydroxyl groups excluding tert-OH is 1. The van der Waals surface area contributed by atoms with Gasteiger partial charge in [0.05, 0.1) is 18.0 Å². The lowest BCUT2D eigenvalue weighted by atomic mass is 9.87. The first-order valence-corrected chi connectivity index (χ1v) is 13.3. The summed E-state index contributed by atoms with van der Waals surface area (Å²) in [6.45, 7) is 8.06. The minimum absolute atomic E-state index is 0.156. The summed E-state index contributed by atoms with van der Waals surface area (Å²) < 4.78 is 12.5. The summed E-state index contributed by atoms with van der Waals surface area (Å²) in [5.74, 6) is 0. The molecule has 2 atom stereocenters. The van der Waals surface area contributed by atoms with Crippen molar-refractivity contribution in [1.82, 2.24) is 10.4 Å². The number of hydrogen-bond acceptors (Lipinski definition) is 4. The topological polar surface area (TPSA) is 44.7 Å². The minimum Gasteiger partial charge on any atom is -0.396 e. The molecule has 0 aromatic heterocycles. The molecule has 0 bridgehead atoms. The summed E-state index contributed by atoms with van der Waals surface area (Å²) in [6.07, 6.45) is 18.2. The molecule has 198 valence electrons. The van der Waals surface area contributed by atoms with E-state index in [-0.39, 0.29) is 18.2 Å². The van der Waals surface area contributed by atoms with Crippen LogP contribution in [-0.4, -0.2) is 41.8 Å². The van der Waals surface area contributed by atoms with Crippen LogP contribution in [0.5, 0.6) is 0 Å². The van der Waals surface area contributed by atoms with Crippen LogP contribution >= 0.6 is 11.6 Å². The van der Waals surface area contributed by atoms with E-state index >= 15 is 0 Å². The van der Waals surface area contributed by atoms with Crippen molar-refractivity contribution in [3.05, 3.63) is 88.8 Å². The summed E-state index contributed by atoms with van der Waals surface area (Å²) in [5, 5.41) is 9.74. The van der Waals surface area contributed by atoms with Gasteiger partial charge < -0.3 is 10.0 Å². The normalized spacial score (nSPS) is 21.7. The molecule has 0 spiro atoms. The predicted octanol–water partition coefficient (Wildman–Crippen LogP) is 7.32. The Kier molecular flexibility index (Phi) is 13.4. The summed E-state index contributed by atoms with van der Waals surface area (Å²) in [7, 11) is 2.11. The van der Waals surface area contributed by atoms with Crippen molar-refractivity contribution in [2.45, 2.75) is 71.1 Å². The van der Waals surface area contributed by atoms with E-state index in [1.54, 1.807) is 6.08 Å². The molecular formula is C30H42ClFN2O2. The molecule has 1 saturated heterocycles. The second-order valence-corrected chi connectivity index (χ2v) is 9.69. The average molecular weight is 517 g/mol. The lowest BCUT2D eigenvalue weighted by Gasteiger charge is -2.28. The first-order chi connectivity index (χ1) is 17.4. The van der Waals surface area contributed by atoms with Crippen LogP contribution < -0.4 is 5.48 Å². The summed E-state index contributed by atoms with van der Waals surface area (Å²) in [4.78, 5) is 8.48. The van der Waals surface area contributed by atoms with Gasteiger partial charge in [-0.25, -0.2) is 4.39 Å². The Morgan fingerprint density at radius 1 is 1.33 bits per heavy atom. The van der Waals surface area contributed by atoms with E-state index in [0.717, 1.165) is 55.5 Å². The SMILES string of the molecule is C\C=C/C(=C\C=C\F)c1ccc(CN(C)CCC2(CC)CC(C(/C=C\CCO)=C/CC)NO2)cc1Cl. The zero-order valence-electron chi connectivity index (χ0n) is 22.1. The number of benzene rings is 1. The van der Waals surface area contributed by atoms with Gasteiger partial charge in [-0.05, 0) is 68.5 Å². The van der Waals surface area contributed by atoms with E-state index in [1.807, 2.05) is 37.3 Å². The van der Waals surface area contributed by atoms with Gasteiger partial charge >= 0.3 is 0 Å². The van der Waals surface area contributed by atoms with E-state index < -0.39 is 0 Å². The third-order valence-corrected chi connectivity index (χ3v) is 6.84. The van der Waals surface area contributed by atoms with E-state index in [9.17, 15) is 4.39 Å². The molecule has 4 nitrogen and oxygen atoms in total. The summed E-state index contributed by atoms with van der Waals surface area (Å²) >= 11 is 6.60. The van der Waals surface area contributed by atoms with Gasteiger partial charge in [0.15, 0.2) is 0 Å². The highest BCUT2D eigenvalue weighted by molar-refractivity contribution is 6.32. The standard InChI is InChI=1S/C30H42ClFN2O2/c1-5-11-25(14-10-18-32)27-16-15-24(21-28(27)31)23-34(4)19-17-30(7-3)22-29(33-36-30)26(12-6-2)13-8-9-20-35/h5,8,10-16,18,21,29,33,35H,6-7,9,17,19-20,22-23H2,1-4H3/b11-5-,13-8-,18-10+,25-14+,26-12+. The molecule has 1 aliphatic rings. The van der Waals surface area contributed by atoms with Gasteiger partial charge in [0.1, 0.15) is 0 Å². The Morgan fingerprint density at radius 3 is 2.78 bits per heavy atom. The molecule has 2 rings (SSSR count). The molecule has 1 fully saturated rings. The number of aliphatic hydroxyl groups is 1. The van der Waals surface area contributed by atoms with E-state index in [0.29, 0.717) is 17.8 Å². The van der Waals surface area contributed by atoms with Crippen LogP contribution in [0.2, 0.25) is 5.02 Å². The highest BCUT2D eigenvalue weighted by atomic mass is 35.5. The number of nitrogens with zero attached hydrogens (tertiary/aromatic N) is 1.